The average Bonchev–Trinajstić information content (AvgIpc) is 2.53. The van der Waals surface area contributed by atoms with Crippen LogP contribution in [-0.2, 0) is 14.9 Å². The Bertz CT molecular complexity index is 622. The molecule has 1 atom stereocenters. The summed E-state index contributed by atoms with van der Waals surface area (Å²) >= 11 is 0. The first-order chi connectivity index (χ1) is 11.2. The molecule has 0 saturated carbocycles. The molecule has 1 amide bonds. The molecule has 6 nitrogen and oxygen atoms in total. The molecule has 1 aromatic rings. The molecule has 0 radical (unpaired) electrons. The standard InChI is InChI=1S/C18H25NO5/c1-17(2,3)24-16(22)19-10-6-9-18(12-19,15(20)21)13-7-5-8-14(11-13)23-4/h5,7-8,11H,6,9-10,12H2,1-4H3,(H,20,21). The Balaban J connectivity index is 2.32. The smallest absolute Gasteiger partial charge is 0.410 e. The number of aliphatic carboxylic acids is 1. The van der Waals surface area contributed by atoms with E-state index in [1.54, 1.807) is 52.1 Å². The lowest BCUT2D eigenvalue weighted by molar-refractivity contribution is -0.146. The third-order valence-corrected chi connectivity index (χ3v) is 4.18. The van der Waals surface area contributed by atoms with Crippen molar-refractivity contribution in [1.82, 2.24) is 4.90 Å². The summed E-state index contributed by atoms with van der Waals surface area (Å²) < 4.78 is 10.6. The summed E-state index contributed by atoms with van der Waals surface area (Å²) in [6.07, 6.45) is 0.591. The molecule has 1 aliphatic heterocycles. The lowest BCUT2D eigenvalue weighted by atomic mass is 9.74. The molecule has 132 valence electrons. The Morgan fingerprint density at radius 3 is 2.58 bits per heavy atom. The van der Waals surface area contributed by atoms with Gasteiger partial charge in [0.25, 0.3) is 0 Å². The number of methoxy groups -OCH3 is 1. The second kappa shape index (κ2) is 6.71. The van der Waals surface area contributed by atoms with E-state index in [1.165, 1.54) is 4.90 Å². The number of carboxylic acid groups (broad SMARTS) is 1. The maximum atomic E-state index is 12.4. The molecule has 1 heterocycles. The Morgan fingerprint density at radius 2 is 2.00 bits per heavy atom. The van der Waals surface area contributed by atoms with Crippen LogP contribution in [0.1, 0.15) is 39.2 Å². The van der Waals surface area contributed by atoms with Crippen molar-refractivity contribution in [2.75, 3.05) is 20.2 Å². The quantitative estimate of drug-likeness (QED) is 0.919. The summed E-state index contributed by atoms with van der Waals surface area (Å²) in [5, 5.41) is 9.92. The molecule has 0 bridgehead atoms. The normalized spacial score (nSPS) is 21.2. The molecule has 24 heavy (non-hydrogen) atoms. The van der Waals surface area contributed by atoms with Crippen LogP contribution in [0.15, 0.2) is 24.3 Å². The predicted octanol–water partition coefficient (Wildman–Crippen LogP) is 3.05. The van der Waals surface area contributed by atoms with Crippen molar-refractivity contribution in [1.29, 1.82) is 0 Å². The molecular weight excluding hydrogens is 310 g/mol. The minimum absolute atomic E-state index is 0.0877. The number of nitrogens with zero attached hydrogens (tertiary/aromatic N) is 1. The van der Waals surface area contributed by atoms with Crippen LogP contribution in [0.2, 0.25) is 0 Å². The molecule has 0 aromatic heterocycles. The number of carbonyl (C=O) groups excluding carboxylic acids is 1. The van der Waals surface area contributed by atoms with Crippen molar-refractivity contribution in [2.24, 2.45) is 0 Å². The number of benzene rings is 1. The zero-order valence-corrected chi connectivity index (χ0v) is 14.7. The van der Waals surface area contributed by atoms with Gasteiger partial charge in [-0.3, -0.25) is 4.79 Å². The number of piperidine rings is 1. The van der Waals surface area contributed by atoms with Gasteiger partial charge in [-0.05, 0) is 51.3 Å². The van der Waals surface area contributed by atoms with Crippen LogP contribution >= 0.6 is 0 Å². The third-order valence-electron chi connectivity index (χ3n) is 4.18. The van der Waals surface area contributed by atoms with Gasteiger partial charge in [0.15, 0.2) is 0 Å². The fourth-order valence-corrected chi connectivity index (χ4v) is 2.99. The van der Waals surface area contributed by atoms with Gasteiger partial charge in [-0.2, -0.15) is 0 Å². The molecule has 0 spiro atoms. The molecular formula is C18H25NO5. The van der Waals surface area contributed by atoms with Crippen LogP contribution < -0.4 is 4.74 Å². The van der Waals surface area contributed by atoms with E-state index in [-0.39, 0.29) is 6.54 Å². The average molecular weight is 335 g/mol. The lowest BCUT2D eigenvalue weighted by Gasteiger charge is -2.40. The number of hydrogen-bond acceptors (Lipinski definition) is 4. The number of amides is 1. The highest BCUT2D eigenvalue weighted by atomic mass is 16.6. The van der Waals surface area contributed by atoms with Crippen LogP contribution in [0, 0.1) is 0 Å². The summed E-state index contributed by atoms with van der Waals surface area (Å²) in [5.41, 5.74) is -1.12. The van der Waals surface area contributed by atoms with Crippen LogP contribution in [-0.4, -0.2) is 47.9 Å². The first-order valence-electron chi connectivity index (χ1n) is 8.04. The maximum absolute atomic E-state index is 12.4. The van der Waals surface area contributed by atoms with Gasteiger partial charge in [0.05, 0.1) is 7.11 Å². The van der Waals surface area contributed by atoms with E-state index in [1.807, 2.05) is 0 Å². The largest absolute Gasteiger partial charge is 0.497 e. The molecule has 0 aliphatic carbocycles. The van der Waals surface area contributed by atoms with Gasteiger partial charge in [0.2, 0.25) is 0 Å². The van der Waals surface area contributed by atoms with Crippen LogP contribution in [0.4, 0.5) is 4.79 Å². The number of carbonyl (C=O) groups is 2. The SMILES string of the molecule is COc1cccc(C2(C(=O)O)CCCN(C(=O)OC(C)(C)C)C2)c1. The molecule has 1 unspecified atom stereocenters. The topological polar surface area (TPSA) is 76.1 Å². The number of ether oxygens (including phenoxy) is 2. The number of rotatable bonds is 3. The van der Waals surface area contributed by atoms with E-state index in [4.69, 9.17) is 9.47 Å². The van der Waals surface area contributed by atoms with Crippen molar-refractivity contribution < 1.29 is 24.2 Å². The Kier molecular flexibility index (Phi) is 5.06. The molecule has 1 saturated heterocycles. The summed E-state index contributed by atoms with van der Waals surface area (Å²) in [6, 6.07) is 7.04. The molecule has 1 aromatic carbocycles. The van der Waals surface area contributed by atoms with Crippen molar-refractivity contribution in [3.8, 4) is 5.75 Å². The highest BCUT2D eigenvalue weighted by molar-refractivity contribution is 5.83. The van der Waals surface area contributed by atoms with Crippen molar-refractivity contribution in [3.63, 3.8) is 0 Å². The number of carboxylic acids is 1. The minimum atomic E-state index is -1.15. The monoisotopic (exact) mass is 335 g/mol. The summed E-state index contributed by atoms with van der Waals surface area (Å²) in [7, 11) is 1.54. The van der Waals surface area contributed by atoms with Crippen molar-refractivity contribution in [2.45, 2.75) is 44.6 Å². The van der Waals surface area contributed by atoms with Gasteiger partial charge in [-0.1, -0.05) is 12.1 Å². The molecule has 1 fully saturated rings. The fraction of sp³-hybridized carbons (Fsp3) is 0.556. The second-order valence-corrected chi connectivity index (χ2v) is 7.12. The van der Waals surface area contributed by atoms with E-state index in [9.17, 15) is 14.7 Å². The number of hydrogen-bond donors (Lipinski definition) is 1. The van der Waals surface area contributed by atoms with Crippen LogP contribution in [0.3, 0.4) is 0 Å². The molecule has 6 heteroatoms. The first-order valence-corrected chi connectivity index (χ1v) is 8.04. The van der Waals surface area contributed by atoms with Crippen LogP contribution in [0.5, 0.6) is 5.75 Å². The van der Waals surface area contributed by atoms with Gasteiger partial charge in [0, 0.05) is 13.1 Å². The lowest BCUT2D eigenvalue weighted by Crippen LogP contribution is -2.53. The fourth-order valence-electron chi connectivity index (χ4n) is 2.99. The summed E-state index contributed by atoms with van der Waals surface area (Å²) in [6.45, 7) is 5.96. The van der Waals surface area contributed by atoms with E-state index < -0.39 is 23.1 Å². The highest BCUT2D eigenvalue weighted by Gasteiger charge is 2.46. The Labute approximate surface area is 142 Å². The van der Waals surface area contributed by atoms with E-state index in [0.717, 1.165) is 0 Å². The van der Waals surface area contributed by atoms with Gasteiger partial charge >= 0.3 is 12.1 Å². The Hall–Kier alpha value is -2.24. The van der Waals surface area contributed by atoms with Gasteiger partial charge in [-0.25, -0.2) is 4.79 Å². The molecule has 1 N–H and O–H groups in total. The van der Waals surface area contributed by atoms with Crippen molar-refractivity contribution >= 4 is 12.1 Å². The first kappa shape index (κ1) is 18.1. The Morgan fingerprint density at radius 1 is 1.29 bits per heavy atom. The van der Waals surface area contributed by atoms with Crippen molar-refractivity contribution in [3.05, 3.63) is 29.8 Å². The highest BCUT2D eigenvalue weighted by Crippen LogP contribution is 2.36. The van der Waals surface area contributed by atoms with Gasteiger partial charge in [-0.15, -0.1) is 0 Å². The van der Waals surface area contributed by atoms with E-state index in [0.29, 0.717) is 30.7 Å². The predicted molar refractivity (Wildman–Crippen MR) is 89.3 cm³/mol. The molecule has 1 aliphatic rings. The van der Waals surface area contributed by atoms with Gasteiger partial charge in [0.1, 0.15) is 16.8 Å². The molecule has 2 rings (SSSR count). The van der Waals surface area contributed by atoms with E-state index >= 15 is 0 Å². The number of likely N-dealkylation sites (tertiary alicyclic amines) is 1. The zero-order chi connectivity index (χ0) is 18.0. The second-order valence-electron chi connectivity index (χ2n) is 7.12. The zero-order valence-electron chi connectivity index (χ0n) is 14.7. The summed E-state index contributed by atoms with van der Waals surface area (Å²) in [5.74, 6) is -0.341. The van der Waals surface area contributed by atoms with E-state index in [2.05, 4.69) is 0 Å². The van der Waals surface area contributed by atoms with Gasteiger partial charge < -0.3 is 19.5 Å². The van der Waals surface area contributed by atoms with Crippen LogP contribution in [0.25, 0.3) is 0 Å². The maximum Gasteiger partial charge on any atom is 0.410 e. The third kappa shape index (κ3) is 3.80. The summed E-state index contributed by atoms with van der Waals surface area (Å²) in [4.78, 5) is 26.0. The minimum Gasteiger partial charge on any atom is -0.497 e.